The Morgan fingerprint density at radius 3 is 2.72 bits per heavy atom. The molecule has 2 aromatic rings. The average molecular weight is 356 g/mol. The SMILES string of the molecule is CCOc1ccc(/C=C/C(=O)OCC(=O)Nc2sccc2C#N)cc1. The summed E-state index contributed by atoms with van der Waals surface area (Å²) in [6.07, 6.45) is 2.83. The first-order chi connectivity index (χ1) is 12.1. The first-order valence-corrected chi connectivity index (χ1v) is 8.35. The zero-order valence-corrected chi connectivity index (χ0v) is 14.3. The van der Waals surface area contributed by atoms with Gasteiger partial charge < -0.3 is 14.8 Å². The Balaban J connectivity index is 1.79. The van der Waals surface area contributed by atoms with E-state index in [1.165, 1.54) is 17.4 Å². The van der Waals surface area contributed by atoms with Gasteiger partial charge in [0.05, 0.1) is 12.2 Å². The smallest absolute Gasteiger partial charge is 0.331 e. The van der Waals surface area contributed by atoms with Crippen LogP contribution in [-0.2, 0) is 14.3 Å². The highest BCUT2D eigenvalue weighted by Crippen LogP contribution is 2.21. The van der Waals surface area contributed by atoms with Gasteiger partial charge in [0.1, 0.15) is 16.8 Å². The molecule has 1 heterocycles. The molecule has 0 aliphatic carbocycles. The van der Waals surface area contributed by atoms with E-state index >= 15 is 0 Å². The summed E-state index contributed by atoms with van der Waals surface area (Å²) in [5, 5.41) is 13.5. The van der Waals surface area contributed by atoms with Crippen LogP contribution in [0.15, 0.2) is 41.8 Å². The van der Waals surface area contributed by atoms with E-state index in [1.807, 2.05) is 25.1 Å². The molecule has 0 bridgehead atoms. The zero-order chi connectivity index (χ0) is 18.1. The Bertz CT molecular complexity index is 803. The first kappa shape index (κ1) is 18.2. The van der Waals surface area contributed by atoms with E-state index in [4.69, 9.17) is 14.7 Å². The fraction of sp³-hybridized carbons (Fsp3) is 0.167. The molecule has 0 saturated heterocycles. The number of carbonyl (C=O) groups excluding carboxylic acids is 2. The Labute approximate surface area is 149 Å². The molecule has 0 aliphatic rings. The van der Waals surface area contributed by atoms with Gasteiger partial charge in [-0.2, -0.15) is 5.26 Å². The molecule has 25 heavy (non-hydrogen) atoms. The van der Waals surface area contributed by atoms with E-state index in [0.29, 0.717) is 17.2 Å². The highest BCUT2D eigenvalue weighted by molar-refractivity contribution is 7.14. The summed E-state index contributed by atoms with van der Waals surface area (Å²) in [5.41, 5.74) is 1.18. The number of nitrogens with zero attached hydrogens (tertiary/aromatic N) is 1. The third kappa shape index (κ3) is 5.79. The van der Waals surface area contributed by atoms with Crippen LogP contribution in [0, 0.1) is 11.3 Å². The lowest BCUT2D eigenvalue weighted by atomic mass is 10.2. The third-order valence-electron chi connectivity index (χ3n) is 2.99. The number of hydrogen-bond donors (Lipinski definition) is 1. The van der Waals surface area contributed by atoms with Crippen molar-refractivity contribution in [2.24, 2.45) is 0 Å². The minimum absolute atomic E-state index is 0.375. The second-order valence-electron chi connectivity index (χ2n) is 4.77. The van der Waals surface area contributed by atoms with E-state index < -0.39 is 18.5 Å². The molecular weight excluding hydrogens is 340 g/mol. The van der Waals surface area contributed by atoms with Gasteiger partial charge in [-0.25, -0.2) is 4.79 Å². The van der Waals surface area contributed by atoms with Gasteiger partial charge in [0.2, 0.25) is 0 Å². The molecule has 128 valence electrons. The number of ether oxygens (including phenoxy) is 2. The van der Waals surface area contributed by atoms with E-state index in [-0.39, 0.29) is 0 Å². The molecule has 6 nitrogen and oxygen atoms in total. The molecule has 2 rings (SSSR count). The Kier molecular flexibility index (Phi) is 6.75. The summed E-state index contributed by atoms with van der Waals surface area (Å²) in [6.45, 7) is 2.07. The number of amides is 1. The molecule has 1 amide bonds. The number of esters is 1. The van der Waals surface area contributed by atoms with Gasteiger partial charge in [0, 0.05) is 6.08 Å². The van der Waals surface area contributed by atoms with Crippen molar-refractivity contribution in [2.45, 2.75) is 6.92 Å². The molecule has 0 fully saturated rings. The van der Waals surface area contributed by atoms with Gasteiger partial charge in [0.25, 0.3) is 5.91 Å². The van der Waals surface area contributed by atoms with Gasteiger partial charge in [0.15, 0.2) is 6.61 Å². The standard InChI is InChI=1S/C18H16N2O4S/c1-2-23-15-6-3-13(4-7-15)5-8-17(22)24-12-16(21)20-18-14(11-19)9-10-25-18/h3-10H,2,12H2,1H3,(H,20,21)/b8-5+. The Morgan fingerprint density at radius 1 is 1.28 bits per heavy atom. The van der Waals surface area contributed by atoms with Crippen molar-refractivity contribution in [1.82, 2.24) is 0 Å². The average Bonchev–Trinajstić information content (AvgIpc) is 3.06. The molecule has 0 spiro atoms. The van der Waals surface area contributed by atoms with E-state index in [0.717, 1.165) is 11.3 Å². The Morgan fingerprint density at radius 2 is 2.04 bits per heavy atom. The normalized spacial score (nSPS) is 10.2. The lowest BCUT2D eigenvalue weighted by Gasteiger charge is -2.04. The number of nitrogens with one attached hydrogen (secondary N) is 1. The van der Waals surface area contributed by atoms with Crippen LogP contribution in [0.2, 0.25) is 0 Å². The largest absolute Gasteiger partial charge is 0.494 e. The van der Waals surface area contributed by atoms with Crippen LogP contribution in [0.25, 0.3) is 6.08 Å². The number of rotatable bonds is 7. The summed E-state index contributed by atoms with van der Waals surface area (Å²) in [7, 11) is 0. The van der Waals surface area contributed by atoms with Crippen molar-refractivity contribution >= 4 is 34.3 Å². The van der Waals surface area contributed by atoms with Crippen LogP contribution < -0.4 is 10.1 Å². The topological polar surface area (TPSA) is 88.4 Å². The fourth-order valence-corrected chi connectivity index (χ4v) is 2.60. The van der Waals surface area contributed by atoms with Crippen molar-refractivity contribution in [2.75, 3.05) is 18.5 Å². The van der Waals surface area contributed by atoms with Crippen LogP contribution in [-0.4, -0.2) is 25.1 Å². The van der Waals surface area contributed by atoms with Gasteiger partial charge >= 0.3 is 5.97 Å². The number of hydrogen-bond acceptors (Lipinski definition) is 6. The number of anilines is 1. The minimum atomic E-state index is -0.629. The van der Waals surface area contributed by atoms with Crippen molar-refractivity contribution in [3.63, 3.8) is 0 Å². The maximum absolute atomic E-state index is 11.7. The van der Waals surface area contributed by atoms with Crippen molar-refractivity contribution in [3.05, 3.63) is 52.9 Å². The summed E-state index contributed by atoms with van der Waals surface area (Å²) in [5.74, 6) is -0.373. The van der Waals surface area contributed by atoms with Crippen LogP contribution in [0.5, 0.6) is 5.75 Å². The zero-order valence-electron chi connectivity index (χ0n) is 13.5. The first-order valence-electron chi connectivity index (χ1n) is 7.47. The quantitative estimate of drug-likeness (QED) is 0.608. The third-order valence-corrected chi connectivity index (χ3v) is 3.82. The Hall–Kier alpha value is -3.11. The predicted octanol–water partition coefficient (Wildman–Crippen LogP) is 3.21. The van der Waals surface area contributed by atoms with E-state index in [9.17, 15) is 9.59 Å². The predicted molar refractivity (Wildman–Crippen MR) is 95.3 cm³/mol. The monoisotopic (exact) mass is 356 g/mol. The lowest BCUT2D eigenvalue weighted by Crippen LogP contribution is -2.19. The van der Waals surface area contributed by atoms with Crippen molar-refractivity contribution < 1.29 is 19.1 Å². The molecule has 7 heteroatoms. The van der Waals surface area contributed by atoms with Gasteiger partial charge in [-0.05, 0) is 42.1 Å². The highest BCUT2D eigenvalue weighted by Gasteiger charge is 2.09. The van der Waals surface area contributed by atoms with Crippen molar-refractivity contribution in [3.8, 4) is 11.8 Å². The molecule has 0 unspecified atom stereocenters. The molecule has 1 aromatic carbocycles. The number of nitriles is 1. The van der Waals surface area contributed by atoms with Gasteiger partial charge in [-0.15, -0.1) is 11.3 Å². The van der Waals surface area contributed by atoms with Crippen LogP contribution in [0.3, 0.4) is 0 Å². The molecular formula is C18H16N2O4S. The summed E-state index contributed by atoms with van der Waals surface area (Å²) in [4.78, 5) is 23.4. The number of thiophene rings is 1. The molecule has 0 atom stereocenters. The summed E-state index contributed by atoms with van der Waals surface area (Å²) < 4.78 is 10.2. The van der Waals surface area contributed by atoms with Crippen molar-refractivity contribution in [1.29, 1.82) is 5.26 Å². The van der Waals surface area contributed by atoms with E-state index in [1.54, 1.807) is 29.7 Å². The maximum atomic E-state index is 11.7. The molecule has 0 aliphatic heterocycles. The van der Waals surface area contributed by atoms with Gasteiger partial charge in [-0.1, -0.05) is 12.1 Å². The summed E-state index contributed by atoms with van der Waals surface area (Å²) >= 11 is 1.23. The second kappa shape index (κ2) is 9.25. The number of benzene rings is 1. The fourth-order valence-electron chi connectivity index (χ4n) is 1.85. The maximum Gasteiger partial charge on any atom is 0.331 e. The molecule has 0 radical (unpaired) electrons. The van der Waals surface area contributed by atoms with Crippen LogP contribution >= 0.6 is 11.3 Å². The molecule has 1 aromatic heterocycles. The van der Waals surface area contributed by atoms with E-state index in [2.05, 4.69) is 5.32 Å². The van der Waals surface area contributed by atoms with Crippen LogP contribution in [0.4, 0.5) is 5.00 Å². The minimum Gasteiger partial charge on any atom is -0.494 e. The molecule has 1 N–H and O–H groups in total. The van der Waals surface area contributed by atoms with Gasteiger partial charge in [-0.3, -0.25) is 4.79 Å². The highest BCUT2D eigenvalue weighted by atomic mass is 32.1. The summed E-state index contributed by atoms with van der Waals surface area (Å²) in [6, 6.07) is 10.8. The number of carbonyl (C=O) groups is 2. The van der Waals surface area contributed by atoms with Crippen LogP contribution in [0.1, 0.15) is 18.1 Å². The molecule has 0 saturated carbocycles. The second-order valence-corrected chi connectivity index (χ2v) is 5.68. The lowest BCUT2D eigenvalue weighted by molar-refractivity contribution is -0.142.